The maximum Gasteiger partial charge on any atom is 0.239 e. The lowest BCUT2D eigenvalue weighted by Gasteiger charge is -2.19. The molecule has 0 saturated carbocycles. The van der Waals surface area contributed by atoms with Crippen LogP contribution in [0.25, 0.3) is 0 Å². The van der Waals surface area contributed by atoms with Gasteiger partial charge in [-0.25, -0.2) is 4.98 Å². The SMILES string of the molecule is COc1nccc(N(C)C)c1NC(=O)CCCCO. The van der Waals surface area contributed by atoms with Crippen LogP contribution in [0.4, 0.5) is 11.4 Å². The zero-order valence-electron chi connectivity index (χ0n) is 11.6. The predicted molar refractivity (Wildman–Crippen MR) is 74.7 cm³/mol. The minimum absolute atomic E-state index is 0.104. The molecule has 1 aromatic rings. The molecule has 1 amide bonds. The highest BCUT2D eigenvalue weighted by Gasteiger charge is 2.14. The highest BCUT2D eigenvalue weighted by Crippen LogP contribution is 2.32. The summed E-state index contributed by atoms with van der Waals surface area (Å²) in [6, 6.07) is 1.81. The minimum Gasteiger partial charge on any atom is -0.479 e. The van der Waals surface area contributed by atoms with Crippen molar-refractivity contribution < 1.29 is 14.6 Å². The Hall–Kier alpha value is -1.82. The Labute approximate surface area is 113 Å². The molecule has 0 spiro atoms. The quantitative estimate of drug-likeness (QED) is 0.727. The maximum atomic E-state index is 11.8. The number of carbonyl (C=O) groups is 1. The molecule has 0 aliphatic carbocycles. The van der Waals surface area contributed by atoms with Gasteiger partial charge in [-0.1, -0.05) is 0 Å². The van der Waals surface area contributed by atoms with Gasteiger partial charge in [-0.2, -0.15) is 0 Å². The number of aliphatic hydroxyl groups excluding tert-OH is 1. The number of aromatic nitrogens is 1. The molecule has 19 heavy (non-hydrogen) atoms. The molecular formula is C13H21N3O3. The first kappa shape index (κ1) is 15.2. The number of nitrogens with one attached hydrogen (secondary N) is 1. The van der Waals surface area contributed by atoms with Crippen molar-refractivity contribution in [3.8, 4) is 5.88 Å². The van der Waals surface area contributed by atoms with Crippen LogP contribution < -0.4 is 15.0 Å². The monoisotopic (exact) mass is 267 g/mol. The van der Waals surface area contributed by atoms with E-state index in [1.165, 1.54) is 7.11 Å². The molecule has 0 saturated heterocycles. The van der Waals surface area contributed by atoms with Crippen LogP contribution in [0.15, 0.2) is 12.3 Å². The molecule has 106 valence electrons. The Bertz CT molecular complexity index is 422. The number of ether oxygens (including phenoxy) is 1. The number of pyridine rings is 1. The Morgan fingerprint density at radius 2 is 2.21 bits per heavy atom. The Kier molecular flexibility index (Phi) is 6.08. The van der Waals surface area contributed by atoms with Crippen molar-refractivity contribution in [1.29, 1.82) is 0 Å². The van der Waals surface area contributed by atoms with E-state index in [1.54, 1.807) is 6.20 Å². The summed E-state index contributed by atoms with van der Waals surface area (Å²) in [5.74, 6) is 0.282. The van der Waals surface area contributed by atoms with Gasteiger partial charge in [0.1, 0.15) is 5.69 Å². The number of unbranched alkanes of at least 4 members (excludes halogenated alkanes) is 1. The summed E-state index contributed by atoms with van der Waals surface area (Å²) in [7, 11) is 5.29. The van der Waals surface area contributed by atoms with E-state index in [-0.39, 0.29) is 12.5 Å². The summed E-state index contributed by atoms with van der Waals surface area (Å²) in [6.07, 6.45) is 3.28. The molecule has 1 rings (SSSR count). The van der Waals surface area contributed by atoms with Gasteiger partial charge in [0.15, 0.2) is 0 Å². The third kappa shape index (κ3) is 4.40. The van der Waals surface area contributed by atoms with Crippen molar-refractivity contribution in [3.63, 3.8) is 0 Å². The molecule has 1 heterocycles. The van der Waals surface area contributed by atoms with E-state index < -0.39 is 0 Å². The van der Waals surface area contributed by atoms with Crippen molar-refractivity contribution in [1.82, 2.24) is 4.98 Å². The Balaban J connectivity index is 2.83. The van der Waals surface area contributed by atoms with Gasteiger partial charge in [-0.05, 0) is 18.9 Å². The first-order valence-corrected chi connectivity index (χ1v) is 6.21. The topological polar surface area (TPSA) is 74.7 Å². The normalized spacial score (nSPS) is 10.1. The standard InChI is InChI=1S/C13H21N3O3/c1-16(2)10-7-8-14-13(19-3)12(10)15-11(18)6-4-5-9-17/h7-8,17H,4-6,9H2,1-3H3,(H,15,18). The summed E-state index contributed by atoms with van der Waals surface area (Å²) in [5.41, 5.74) is 1.41. The van der Waals surface area contributed by atoms with Crippen molar-refractivity contribution in [2.24, 2.45) is 0 Å². The fraction of sp³-hybridized carbons (Fsp3) is 0.538. The predicted octanol–water partition coefficient (Wildman–Crippen LogP) is 1.26. The lowest BCUT2D eigenvalue weighted by atomic mass is 10.2. The summed E-state index contributed by atoms with van der Waals surface area (Å²) in [5, 5.41) is 11.5. The maximum absolute atomic E-state index is 11.8. The summed E-state index contributed by atoms with van der Waals surface area (Å²) >= 11 is 0. The Morgan fingerprint density at radius 1 is 1.47 bits per heavy atom. The van der Waals surface area contributed by atoms with Gasteiger partial charge >= 0.3 is 0 Å². The first-order valence-electron chi connectivity index (χ1n) is 6.21. The van der Waals surface area contributed by atoms with Crippen LogP contribution in [0.2, 0.25) is 0 Å². The number of nitrogens with zero attached hydrogens (tertiary/aromatic N) is 2. The molecule has 2 N–H and O–H groups in total. The molecular weight excluding hydrogens is 246 g/mol. The number of aliphatic hydroxyl groups is 1. The number of amides is 1. The zero-order valence-corrected chi connectivity index (χ0v) is 11.6. The van der Waals surface area contributed by atoms with E-state index >= 15 is 0 Å². The number of anilines is 2. The molecule has 0 unspecified atom stereocenters. The number of hydrogen-bond acceptors (Lipinski definition) is 5. The zero-order chi connectivity index (χ0) is 14.3. The average Bonchev–Trinajstić information content (AvgIpc) is 2.39. The average molecular weight is 267 g/mol. The molecule has 6 heteroatoms. The van der Waals surface area contributed by atoms with Gasteiger partial charge in [0.05, 0.1) is 12.8 Å². The van der Waals surface area contributed by atoms with E-state index in [1.807, 2.05) is 25.1 Å². The first-order chi connectivity index (χ1) is 9.10. The lowest BCUT2D eigenvalue weighted by molar-refractivity contribution is -0.116. The lowest BCUT2D eigenvalue weighted by Crippen LogP contribution is -2.17. The second kappa shape index (κ2) is 7.58. The number of hydrogen-bond donors (Lipinski definition) is 2. The van der Waals surface area contributed by atoms with E-state index in [0.29, 0.717) is 30.8 Å². The molecule has 6 nitrogen and oxygen atoms in total. The number of rotatable bonds is 7. The number of carbonyl (C=O) groups excluding carboxylic acids is 1. The largest absolute Gasteiger partial charge is 0.479 e. The van der Waals surface area contributed by atoms with E-state index in [2.05, 4.69) is 10.3 Å². The third-order valence-electron chi connectivity index (χ3n) is 2.65. The molecule has 0 radical (unpaired) electrons. The Morgan fingerprint density at radius 3 is 2.79 bits per heavy atom. The van der Waals surface area contributed by atoms with Gasteiger partial charge in [0, 0.05) is 33.3 Å². The fourth-order valence-corrected chi connectivity index (χ4v) is 1.68. The van der Waals surface area contributed by atoms with Crippen LogP contribution in [-0.4, -0.2) is 43.8 Å². The molecule has 0 aromatic carbocycles. The van der Waals surface area contributed by atoms with Crippen molar-refractivity contribution in [2.75, 3.05) is 38.0 Å². The van der Waals surface area contributed by atoms with Crippen molar-refractivity contribution in [3.05, 3.63) is 12.3 Å². The van der Waals surface area contributed by atoms with Crippen LogP contribution in [0.3, 0.4) is 0 Å². The summed E-state index contributed by atoms with van der Waals surface area (Å²) < 4.78 is 5.17. The minimum atomic E-state index is -0.108. The summed E-state index contributed by atoms with van der Waals surface area (Å²) in [6.45, 7) is 0.104. The van der Waals surface area contributed by atoms with Gasteiger partial charge in [0.2, 0.25) is 11.8 Å². The van der Waals surface area contributed by atoms with E-state index in [0.717, 1.165) is 5.69 Å². The summed E-state index contributed by atoms with van der Waals surface area (Å²) in [4.78, 5) is 17.8. The van der Waals surface area contributed by atoms with Crippen molar-refractivity contribution in [2.45, 2.75) is 19.3 Å². The molecule has 0 bridgehead atoms. The third-order valence-corrected chi connectivity index (χ3v) is 2.65. The van der Waals surface area contributed by atoms with Crippen LogP contribution in [0.1, 0.15) is 19.3 Å². The molecule has 0 fully saturated rings. The second-order valence-electron chi connectivity index (χ2n) is 4.34. The molecule has 0 aliphatic heterocycles. The van der Waals surface area contributed by atoms with Crippen LogP contribution in [0, 0.1) is 0 Å². The second-order valence-corrected chi connectivity index (χ2v) is 4.34. The van der Waals surface area contributed by atoms with Crippen LogP contribution >= 0.6 is 0 Å². The van der Waals surface area contributed by atoms with Gasteiger partial charge in [-0.15, -0.1) is 0 Å². The fourth-order valence-electron chi connectivity index (χ4n) is 1.68. The highest BCUT2D eigenvalue weighted by molar-refractivity contribution is 5.95. The molecule has 0 atom stereocenters. The van der Waals surface area contributed by atoms with E-state index in [4.69, 9.17) is 9.84 Å². The van der Waals surface area contributed by atoms with Crippen molar-refractivity contribution >= 4 is 17.3 Å². The van der Waals surface area contributed by atoms with Gasteiger partial charge in [0.25, 0.3) is 0 Å². The van der Waals surface area contributed by atoms with E-state index in [9.17, 15) is 4.79 Å². The van der Waals surface area contributed by atoms with Gasteiger partial charge in [-0.3, -0.25) is 4.79 Å². The van der Waals surface area contributed by atoms with Crippen LogP contribution in [0.5, 0.6) is 5.88 Å². The van der Waals surface area contributed by atoms with Crippen LogP contribution in [-0.2, 0) is 4.79 Å². The molecule has 1 aromatic heterocycles. The molecule has 0 aliphatic rings. The number of methoxy groups -OCH3 is 1. The van der Waals surface area contributed by atoms with Gasteiger partial charge < -0.3 is 20.1 Å². The smallest absolute Gasteiger partial charge is 0.239 e. The highest BCUT2D eigenvalue weighted by atomic mass is 16.5.